The van der Waals surface area contributed by atoms with Crippen LogP contribution in [0.5, 0.6) is 0 Å². The highest BCUT2D eigenvalue weighted by molar-refractivity contribution is 5.20. The zero-order valence-electron chi connectivity index (χ0n) is 11.2. The molecule has 4 atom stereocenters. The van der Waals surface area contributed by atoms with Crippen LogP contribution in [0.15, 0.2) is 24.3 Å². The van der Waals surface area contributed by atoms with E-state index in [0.29, 0.717) is 5.92 Å². The molecule has 1 fully saturated rings. The first-order valence-electron chi connectivity index (χ1n) is 6.83. The fourth-order valence-electron chi connectivity index (χ4n) is 3.07. The number of rotatable bonds is 3. The third kappa shape index (κ3) is 2.90. The highest BCUT2D eigenvalue weighted by Gasteiger charge is 2.30. The lowest BCUT2D eigenvalue weighted by Gasteiger charge is -2.36. The molecule has 18 heavy (non-hydrogen) atoms. The maximum Gasteiger partial charge on any atom is 0.123 e. The van der Waals surface area contributed by atoms with Gasteiger partial charge in [0.25, 0.3) is 0 Å². The standard InChI is InChI=1S/C15H23FN2/c1-10-3-4-13(9-11(10)2)15(18-17)12-5-7-14(16)8-6-12/h5-8,10-11,13,15,18H,3-4,9,17H2,1-2H3. The molecule has 0 bridgehead atoms. The molecule has 3 N–H and O–H groups in total. The molecule has 0 heterocycles. The van der Waals surface area contributed by atoms with Gasteiger partial charge in [-0.15, -0.1) is 0 Å². The summed E-state index contributed by atoms with van der Waals surface area (Å²) in [6.45, 7) is 4.64. The monoisotopic (exact) mass is 250 g/mol. The van der Waals surface area contributed by atoms with Gasteiger partial charge in [-0.25, -0.2) is 4.39 Å². The van der Waals surface area contributed by atoms with Crippen LogP contribution in [-0.4, -0.2) is 0 Å². The summed E-state index contributed by atoms with van der Waals surface area (Å²) >= 11 is 0. The SMILES string of the molecule is CC1CCC(C(NN)c2ccc(F)cc2)CC1C. The summed E-state index contributed by atoms with van der Waals surface area (Å²) in [4.78, 5) is 0. The molecule has 0 saturated heterocycles. The molecule has 2 nitrogen and oxygen atoms in total. The van der Waals surface area contributed by atoms with Crippen molar-refractivity contribution in [1.82, 2.24) is 5.43 Å². The molecule has 0 radical (unpaired) electrons. The molecule has 0 spiro atoms. The van der Waals surface area contributed by atoms with Crippen LogP contribution >= 0.6 is 0 Å². The Hall–Kier alpha value is -0.930. The van der Waals surface area contributed by atoms with E-state index < -0.39 is 0 Å². The summed E-state index contributed by atoms with van der Waals surface area (Å²) in [5.41, 5.74) is 4.01. The van der Waals surface area contributed by atoms with Gasteiger partial charge in [0.2, 0.25) is 0 Å². The van der Waals surface area contributed by atoms with Gasteiger partial charge < -0.3 is 0 Å². The lowest BCUT2D eigenvalue weighted by atomic mass is 9.72. The Morgan fingerprint density at radius 1 is 1.17 bits per heavy atom. The van der Waals surface area contributed by atoms with Crippen LogP contribution in [0, 0.1) is 23.6 Å². The fraction of sp³-hybridized carbons (Fsp3) is 0.600. The van der Waals surface area contributed by atoms with Crippen molar-refractivity contribution in [3.05, 3.63) is 35.6 Å². The number of hydrogen-bond acceptors (Lipinski definition) is 2. The minimum Gasteiger partial charge on any atom is -0.271 e. The zero-order valence-corrected chi connectivity index (χ0v) is 11.2. The van der Waals surface area contributed by atoms with Crippen LogP contribution in [0.25, 0.3) is 0 Å². The summed E-state index contributed by atoms with van der Waals surface area (Å²) < 4.78 is 13.0. The van der Waals surface area contributed by atoms with Gasteiger partial charge in [0.05, 0.1) is 0 Å². The van der Waals surface area contributed by atoms with Gasteiger partial charge in [-0.1, -0.05) is 32.4 Å². The largest absolute Gasteiger partial charge is 0.271 e. The Morgan fingerprint density at radius 2 is 1.83 bits per heavy atom. The van der Waals surface area contributed by atoms with Crippen molar-refractivity contribution in [3.63, 3.8) is 0 Å². The highest BCUT2D eigenvalue weighted by Crippen LogP contribution is 2.39. The van der Waals surface area contributed by atoms with Crippen LogP contribution in [0.1, 0.15) is 44.7 Å². The van der Waals surface area contributed by atoms with Gasteiger partial charge in [-0.05, 0) is 48.3 Å². The van der Waals surface area contributed by atoms with Gasteiger partial charge in [-0.2, -0.15) is 0 Å². The van der Waals surface area contributed by atoms with E-state index in [2.05, 4.69) is 19.3 Å². The molecule has 2 rings (SSSR count). The van der Waals surface area contributed by atoms with Crippen LogP contribution in [0.3, 0.4) is 0 Å². The summed E-state index contributed by atoms with van der Waals surface area (Å²) in [6.07, 6.45) is 3.64. The van der Waals surface area contributed by atoms with E-state index in [1.807, 2.05) is 12.1 Å². The first kappa shape index (κ1) is 13.5. The molecule has 1 aliphatic rings. The number of nitrogens with two attached hydrogens (primary N) is 1. The van der Waals surface area contributed by atoms with E-state index in [4.69, 9.17) is 5.84 Å². The second-order valence-corrected chi connectivity index (χ2v) is 5.72. The number of hydrazine groups is 1. The molecule has 1 aromatic rings. The molecule has 0 amide bonds. The molecule has 0 aliphatic heterocycles. The van der Waals surface area contributed by atoms with Crippen LogP contribution in [-0.2, 0) is 0 Å². The average molecular weight is 250 g/mol. The van der Waals surface area contributed by atoms with Crippen LogP contribution in [0.4, 0.5) is 4.39 Å². The van der Waals surface area contributed by atoms with Gasteiger partial charge >= 0.3 is 0 Å². The number of nitrogens with one attached hydrogen (secondary N) is 1. The van der Waals surface area contributed by atoms with Crippen molar-refractivity contribution in [2.75, 3.05) is 0 Å². The average Bonchev–Trinajstić information content (AvgIpc) is 2.37. The van der Waals surface area contributed by atoms with E-state index >= 15 is 0 Å². The van der Waals surface area contributed by atoms with E-state index in [-0.39, 0.29) is 11.9 Å². The molecule has 3 heteroatoms. The predicted octanol–water partition coefficient (Wildman–Crippen LogP) is 3.40. The maximum atomic E-state index is 13.0. The number of benzene rings is 1. The van der Waals surface area contributed by atoms with Crippen LogP contribution < -0.4 is 11.3 Å². The third-order valence-electron chi connectivity index (χ3n) is 4.52. The minimum absolute atomic E-state index is 0.139. The molecule has 1 aromatic carbocycles. The summed E-state index contributed by atoms with van der Waals surface area (Å²) in [7, 11) is 0. The highest BCUT2D eigenvalue weighted by atomic mass is 19.1. The normalized spacial score (nSPS) is 30.1. The zero-order chi connectivity index (χ0) is 13.1. The van der Waals surface area contributed by atoms with E-state index in [0.717, 1.165) is 17.4 Å². The second kappa shape index (κ2) is 5.81. The molecule has 1 saturated carbocycles. The summed E-state index contributed by atoms with van der Waals surface area (Å²) in [5.74, 6) is 7.60. The van der Waals surface area contributed by atoms with Gasteiger partial charge in [0.15, 0.2) is 0 Å². The minimum atomic E-state index is -0.194. The first-order valence-corrected chi connectivity index (χ1v) is 6.83. The molecule has 1 aliphatic carbocycles. The predicted molar refractivity (Wildman–Crippen MR) is 72.1 cm³/mol. The van der Waals surface area contributed by atoms with Gasteiger partial charge in [0, 0.05) is 6.04 Å². The Balaban J connectivity index is 2.11. The Morgan fingerprint density at radius 3 is 2.39 bits per heavy atom. The van der Waals surface area contributed by atoms with E-state index in [9.17, 15) is 4.39 Å². The van der Waals surface area contributed by atoms with Crippen LogP contribution in [0.2, 0.25) is 0 Å². The van der Waals surface area contributed by atoms with Gasteiger partial charge in [-0.3, -0.25) is 11.3 Å². The molecule has 100 valence electrons. The smallest absolute Gasteiger partial charge is 0.123 e. The molecule has 4 unspecified atom stereocenters. The Bertz CT molecular complexity index is 377. The van der Waals surface area contributed by atoms with Gasteiger partial charge in [0.1, 0.15) is 5.82 Å². The number of hydrogen-bond donors (Lipinski definition) is 2. The summed E-state index contributed by atoms with van der Waals surface area (Å²) in [5, 5.41) is 0. The lowest BCUT2D eigenvalue weighted by molar-refractivity contribution is 0.171. The van der Waals surface area contributed by atoms with Crippen molar-refractivity contribution in [2.24, 2.45) is 23.6 Å². The molecular weight excluding hydrogens is 227 g/mol. The van der Waals surface area contributed by atoms with Crippen molar-refractivity contribution < 1.29 is 4.39 Å². The first-order chi connectivity index (χ1) is 8.61. The lowest BCUT2D eigenvalue weighted by Crippen LogP contribution is -2.36. The van der Waals surface area contributed by atoms with E-state index in [1.165, 1.54) is 31.4 Å². The molecular formula is C15H23FN2. The van der Waals surface area contributed by atoms with Crippen molar-refractivity contribution in [3.8, 4) is 0 Å². The van der Waals surface area contributed by atoms with Crippen molar-refractivity contribution >= 4 is 0 Å². The van der Waals surface area contributed by atoms with E-state index in [1.54, 1.807) is 0 Å². The number of halogens is 1. The second-order valence-electron chi connectivity index (χ2n) is 5.72. The summed E-state index contributed by atoms with van der Waals surface area (Å²) in [6, 6.07) is 6.83. The van der Waals surface area contributed by atoms with Crippen molar-refractivity contribution in [1.29, 1.82) is 0 Å². The third-order valence-corrected chi connectivity index (χ3v) is 4.52. The Kier molecular flexibility index (Phi) is 4.36. The topological polar surface area (TPSA) is 38.0 Å². The quantitative estimate of drug-likeness (QED) is 0.637. The maximum absolute atomic E-state index is 13.0. The Labute approximate surface area is 109 Å². The fourth-order valence-corrected chi connectivity index (χ4v) is 3.07. The van der Waals surface area contributed by atoms with Crippen molar-refractivity contribution in [2.45, 2.75) is 39.2 Å². The molecule has 0 aromatic heterocycles.